The molecule has 0 aliphatic carbocycles. The minimum Gasteiger partial charge on any atom is -0.450 e. The van der Waals surface area contributed by atoms with Crippen LogP contribution in [0.2, 0.25) is 0 Å². The first-order chi connectivity index (χ1) is 10.1. The molecule has 1 atom stereocenters. The quantitative estimate of drug-likeness (QED) is 0.670. The van der Waals surface area contributed by atoms with Crippen molar-refractivity contribution in [2.45, 2.75) is 46.1 Å². The summed E-state index contributed by atoms with van der Waals surface area (Å²) in [7, 11) is 0. The van der Waals surface area contributed by atoms with Gasteiger partial charge in [0.15, 0.2) is 0 Å². The smallest absolute Gasteiger partial charge is 0.407 e. The highest BCUT2D eigenvalue weighted by molar-refractivity contribution is 5.67. The van der Waals surface area contributed by atoms with Gasteiger partial charge < -0.3 is 10.1 Å². The van der Waals surface area contributed by atoms with Gasteiger partial charge in [-0.15, -0.1) is 6.58 Å². The Balaban J connectivity index is 2.06. The van der Waals surface area contributed by atoms with Gasteiger partial charge in [-0.25, -0.2) is 4.79 Å². The van der Waals surface area contributed by atoms with Gasteiger partial charge in [-0.2, -0.15) is 0 Å². The molecule has 0 saturated heterocycles. The molecule has 1 rings (SSSR count). The molecule has 0 radical (unpaired) electrons. The van der Waals surface area contributed by atoms with Gasteiger partial charge >= 0.3 is 6.09 Å². The number of alkyl carbamates (subject to hydrolysis) is 1. The topological polar surface area (TPSA) is 38.3 Å². The van der Waals surface area contributed by atoms with Crippen molar-refractivity contribution in [1.29, 1.82) is 0 Å². The third-order valence-electron chi connectivity index (χ3n) is 3.42. The Morgan fingerprint density at radius 2 is 2.00 bits per heavy atom. The van der Waals surface area contributed by atoms with E-state index in [-0.39, 0.29) is 6.09 Å². The summed E-state index contributed by atoms with van der Waals surface area (Å²) in [6, 6.07) is 9.81. The summed E-state index contributed by atoms with van der Waals surface area (Å²) in [6.07, 6.45) is 3.98. The highest BCUT2D eigenvalue weighted by Crippen LogP contribution is 2.14. The number of rotatable bonds is 9. The van der Waals surface area contributed by atoms with Crippen LogP contribution >= 0.6 is 0 Å². The molecule has 0 spiro atoms. The Hall–Kier alpha value is -1.77. The second-order valence-electron chi connectivity index (χ2n) is 5.72. The van der Waals surface area contributed by atoms with E-state index in [1.54, 1.807) is 0 Å². The van der Waals surface area contributed by atoms with Crippen molar-refractivity contribution in [3.05, 3.63) is 48.0 Å². The molecular formula is C18H27NO2. The number of amides is 1. The normalized spacial score (nSPS) is 11.7. The lowest BCUT2D eigenvalue weighted by molar-refractivity contribution is 0.138. The number of ether oxygens (including phenoxy) is 1. The van der Waals surface area contributed by atoms with E-state index in [4.69, 9.17) is 4.74 Å². The summed E-state index contributed by atoms with van der Waals surface area (Å²) >= 11 is 0. The number of carbonyl (C=O) groups excluding carboxylic acids is 1. The van der Waals surface area contributed by atoms with E-state index in [9.17, 15) is 4.79 Å². The van der Waals surface area contributed by atoms with Crippen LogP contribution in [0.25, 0.3) is 0 Å². The van der Waals surface area contributed by atoms with Gasteiger partial charge in [0.1, 0.15) is 0 Å². The summed E-state index contributed by atoms with van der Waals surface area (Å²) in [5.74, 6) is 0.575. The Labute approximate surface area is 128 Å². The molecule has 0 saturated carbocycles. The van der Waals surface area contributed by atoms with Crippen LogP contribution in [0.15, 0.2) is 42.5 Å². The lowest BCUT2D eigenvalue weighted by Crippen LogP contribution is -2.24. The lowest BCUT2D eigenvalue weighted by atomic mass is 9.99. The molecule has 1 aromatic carbocycles. The first-order valence-corrected chi connectivity index (χ1v) is 7.67. The van der Waals surface area contributed by atoms with Crippen LogP contribution in [0.4, 0.5) is 4.79 Å². The maximum atomic E-state index is 11.6. The van der Waals surface area contributed by atoms with Gasteiger partial charge in [0, 0.05) is 6.54 Å². The molecule has 1 N–H and O–H groups in total. The summed E-state index contributed by atoms with van der Waals surface area (Å²) in [4.78, 5) is 11.6. The van der Waals surface area contributed by atoms with Crippen molar-refractivity contribution >= 4 is 6.09 Å². The third-order valence-corrected chi connectivity index (χ3v) is 3.42. The number of allylic oxidation sites excluding steroid dienone is 1. The second kappa shape index (κ2) is 10.0. The fourth-order valence-corrected chi connectivity index (χ4v) is 2.07. The monoisotopic (exact) mass is 289 g/mol. The molecule has 0 fully saturated rings. The molecule has 0 bridgehead atoms. The van der Waals surface area contributed by atoms with Crippen molar-refractivity contribution in [3.8, 4) is 0 Å². The van der Waals surface area contributed by atoms with Gasteiger partial charge in [0.2, 0.25) is 0 Å². The van der Waals surface area contributed by atoms with Crippen LogP contribution in [0, 0.1) is 5.92 Å². The Morgan fingerprint density at radius 3 is 2.67 bits per heavy atom. The number of nitrogens with one attached hydrogen (secondary N) is 1. The maximum absolute atomic E-state index is 11.6. The van der Waals surface area contributed by atoms with E-state index in [2.05, 4.69) is 25.7 Å². The summed E-state index contributed by atoms with van der Waals surface area (Å²) in [5.41, 5.74) is 2.31. The predicted octanol–water partition coefficient (Wildman–Crippen LogP) is 4.69. The first-order valence-electron chi connectivity index (χ1n) is 7.67. The fourth-order valence-electron chi connectivity index (χ4n) is 2.07. The standard InChI is InChI=1S/C18H27NO2/c1-15(2)8-7-9-16(3)12-13-21-18(20)19-14-17-10-5-4-6-11-17/h4-6,10-11,16H,1,7-9,12-14H2,2-3H3,(H,19,20)/t16-/m0/s1. The molecule has 1 amide bonds. The maximum Gasteiger partial charge on any atom is 0.407 e. The highest BCUT2D eigenvalue weighted by atomic mass is 16.5. The van der Waals surface area contributed by atoms with Crippen LogP contribution in [-0.4, -0.2) is 12.7 Å². The fraction of sp³-hybridized carbons (Fsp3) is 0.500. The van der Waals surface area contributed by atoms with Crippen molar-refractivity contribution in [1.82, 2.24) is 5.32 Å². The summed E-state index contributed by atoms with van der Waals surface area (Å²) < 4.78 is 5.19. The van der Waals surface area contributed by atoms with E-state index in [1.165, 1.54) is 5.57 Å². The predicted molar refractivity (Wildman–Crippen MR) is 87.1 cm³/mol. The SMILES string of the molecule is C=C(C)CCC[C@H](C)CCOC(=O)NCc1ccccc1. The average molecular weight is 289 g/mol. The zero-order valence-corrected chi connectivity index (χ0v) is 13.2. The number of benzene rings is 1. The zero-order valence-electron chi connectivity index (χ0n) is 13.2. The van der Waals surface area contributed by atoms with Crippen molar-refractivity contribution < 1.29 is 9.53 Å². The molecule has 0 heterocycles. The number of carbonyl (C=O) groups is 1. The largest absolute Gasteiger partial charge is 0.450 e. The van der Waals surface area contributed by atoms with Crippen LogP contribution in [0.1, 0.15) is 45.1 Å². The highest BCUT2D eigenvalue weighted by Gasteiger charge is 2.05. The molecular weight excluding hydrogens is 262 g/mol. The summed E-state index contributed by atoms with van der Waals surface area (Å²) in [5, 5.41) is 2.76. The van der Waals surface area contributed by atoms with Gasteiger partial charge in [-0.1, -0.05) is 49.2 Å². The van der Waals surface area contributed by atoms with E-state index in [0.717, 1.165) is 31.2 Å². The van der Waals surface area contributed by atoms with Crippen molar-refractivity contribution in [2.24, 2.45) is 5.92 Å². The van der Waals surface area contributed by atoms with Crippen LogP contribution < -0.4 is 5.32 Å². The molecule has 0 unspecified atom stereocenters. The van der Waals surface area contributed by atoms with Crippen LogP contribution in [-0.2, 0) is 11.3 Å². The Bertz CT molecular complexity index is 428. The number of hydrogen-bond acceptors (Lipinski definition) is 2. The van der Waals surface area contributed by atoms with E-state index in [0.29, 0.717) is 19.1 Å². The van der Waals surface area contributed by atoms with Gasteiger partial charge in [0.25, 0.3) is 0 Å². The average Bonchev–Trinajstić information content (AvgIpc) is 2.46. The molecule has 0 aliphatic heterocycles. The zero-order chi connectivity index (χ0) is 15.5. The van der Waals surface area contributed by atoms with Gasteiger partial charge in [0.05, 0.1) is 6.61 Å². The van der Waals surface area contributed by atoms with E-state index >= 15 is 0 Å². The molecule has 0 aromatic heterocycles. The third kappa shape index (κ3) is 8.90. The van der Waals surface area contributed by atoms with E-state index < -0.39 is 0 Å². The molecule has 3 nitrogen and oxygen atoms in total. The molecule has 21 heavy (non-hydrogen) atoms. The Kier molecular flexibility index (Phi) is 8.25. The van der Waals surface area contributed by atoms with Gasteiger partial charge in [-0.05, 0) is 37.7 Å². The van der Waals surface area contributed by atoms with Gasteiger partial charge in [-0.3, -0.25) is 0 Å². The van der Waals surface area contributed by atoms with Crippen LogP contribution in [0.3, 0.4) is 0 Å². The summed E-state index contributed by atoms with van der Waals surface area (Å²) in [6.45, 7) is 9.15. The minimum absolute atomic E-state index is 0.340. The molecule has 3 heteroatoms. The van der Waals surface area contributed by atoms with Crippen molar-refractivity contribution in [2.75, 3.05) is 6.61 Å². The van der Waals surface area contributed by atoms with E-state index in [1.807, 2.05) is 30.3 Å². The lowest BCUT2D eigenvalue weighted by Gasteiger charge is -2.12. The molecule has 0 aliphatic rings. The molecule has 116 valence electrons. The van der Waals surface area contributed by atoms with Crippen LogP contribution in [0.5, 0.6) is 0 Å². The molecule has 1 aromatic rings. The minimum atomic E-state index is -0.340. The first kappa shape index (κ1) is 17.3. The number of hydrogen-bond donors (Lipinski definition) is 1. The van der Waals surface area contributed by atoms with Crippen molar-refractivity contribution in [3.63, 3.8) is 0 Å². The second-order valence-corrected chi connectivity index (χ2v) is 5.72. The Morgan fingerprint density at radius 1 is 1.29 bits per heavy atom.